The Morgan fingerprint density at radius 2 is 1.70 bits per heavy atom. The molecule has 0 spiro atoms. The molecule has 0 atom stereocenters. The van der Waals surface area contributed by atoms with E-state index >= 15 is 0 Å². The van der Waals surface area contributed by atoms with Gasteiger partial charge in [0, 0.05) is 13.6 Å². The first-order valence-corrected chi connectivity index (χ1v) is 7.13. The third-order valence-corrected chi connectivity index (χ3v) is 3.87. The van der Waals surface area contributed by atoms with E-state index in [-0.39, 0.29) is 12.6 Å². The fraction of sp³-hybridized carbons (Fsp3) is 0.235. The highest BCUT2D eigenvalue weighted by Crippen LogP contribution is 2.31. The number of alkyl halides is 3. The molecule has 0 fully saturated rings. The summed E-state index contributed by atoms with van der Waals surface area (Å²) in [5.41, 5.74) is 1.78. The van der Waals surface area contributed by atoms with E-state index in [0.29, 0.717) is 12.1 Å². The van der Waals surface area contributed by atoms with E-state index in [9.17, 15) is 18.0 Å². The molecule has 0 saturated carbocycles. The minimum atomic E-state index is -4.35. The number of carbonyl (C=O) groups is 1. The standard InChI is InChI=1S/C17H15F3N2O/c1-21-11-13-4-2-3-5-15(13)22(16(21)23)10-12-6-8-14(9-7-12)17(18,19)20/h2-9H,10-11H2,1H3. The molecule has 1 heterocycles. The maximum atomic E-state index is 12.6. The summed E-state index contributed by atoms with van der Waals surface area (Å²) in [7, 11) is 1.71. The molecule has 0 aromatic heterocycles. The number of fused-ring (bicyclic) bond motifs is 1. The number of rotatable bonds is 2. The second-order valence-corrected chi connectivity index (χ2v) is 5.55. The Labute approximate surface area is 131 Å². The molecule has 0 N–H and O–H groups in total. The van der Waals surface area contributed by atoms with Crippen LogP contribution in [0.5, 0.6) is 0 Å². The van der Waals surface area contributed by atoms with Crippen LogP contribution in [0.15, 0.2) is 48.5 Å². The van der Waals surface area contributed by atoms with Crippen molar-refractivity contribution in [1.29, 1.82) is 0 Å². The third-order valence-electron chi connectivity index (χ3n) is 3.87. The highest BCUT2D eigenvalue weighted by molar-refractivity contribution is 5.94. The van der Waals surface area contributed by atoms with Crippen LogP contribution < -0.4 is 4.90 Å². The number of urea groups is 1. The quantitative estimate of drug-likeness (QED) is 0.810. The van der Waals surface area contributed by atoms with Gasteiger partial charge in [-0.05, 0) is 29.3 Å². The van der Waals surface area contributed by atoms with Gasteiger partial charge in [0.15, 0.2) is 0 Å². The smallest absolute Gasteiger partial charge is 0.323 e. The van der Waals surface area contributed by atoms with E-state index in [2.05, 4.69) is 0 Å². The van der Waals surface area contributed by atoms with Crippen LogP contribution >= 0.6 is 0 Å². The fourth-order valence-electron chi connectivity index (χ4n) is 2.67. The van der Waals surface area contributed by atoms with Crippen LogP contribution in [0, 0.1) is 0 Å². The number of hydrogen-bond acceptors (Lipinski definition) is 1. The van der Waals surface area contributed by atoms with Crippen molar-refractivity contribution >= 4 is 11.7 Å². The lowest BCUT2D eigenvalue weighted by Gasteiger charge is -2.35. The maximum Gasteiger partial charge on any atom is 0.416 e. The fourth-order valence-corrected chi connectivity index (χ4v) is 2.67. The Balaban J connectivity index is 1.88. The largest absolute Gasteiger partial charge is 0.416 e. The predicted molar refractivity (Wildman–Crippen MR) is 80.9 cm³/mol. The van der Waals surface area contributed by atoms with Crippen molar-refractivity contribution in [3.8, 4) is 0 Å². The number of anilines is 1. The van der Waals surface area contributed by atoms with Crippen molar-refractivity contribution in [3.63, 3.8) is 0 Å². The molecule has 1 aliphatic rings. The average molecular weight is 320 g/mol. The van der Waals surface area contributed by atoms with Crippen LogP contribution in [-0.2, 0) is 19.3 Å². The van der Waals surface area contributed by atoms with E-state index in [1.54, 1.807) is 16.8 Å². The summed E-state index contributed by atoms with van der Waals surface area (Å²) in [5.74, 6) is 0. The number of benzene rings is 2. The molecular formula is C17H15F3N2O. The van der Waals surface area contributed by atoms with Gasteiger partial charge >= 0.3 is 12.2 Å². The van der Waals surface area contributed by atoms with Gasteiger partial charge in [0.25, 0.3) is 0 Å². The van der Waals surface area contributed by atoms with Crippen molar-refractivity contribution in [2.24, 2.45) is 0 Å². The van der Waals surface area contributed by atoms with Crippen molar-refractivity contribution < 1.29 is 18.0 Å². The number of amides is 2. The molecule has 3 rings (SSSR count). The lowest BCUT2D eigenvalue weighted by molar-refractivity contribution is -0.137. The maximum absolute atomic E-state index is 12.6. The number of para-hydroxylation sites is 1. The molecule has 0 unspecified atom stereocenters. The summed E-state index contributed by atoms with van der Waals surface area (Å²) in [4.78, 5) is 15.6. The molecule has 2 aromatic rings. The van der Waals surface area contributed by atoms with Gasteiger partial charge in [-0.15, -0.1) is 0 Å². The van der Waals surface area contributed by atoms with Gasteiger partial charge in [-0.3, -0.25) is 4.90 Å². The summed E-state index contributed by atoms with van der Waals surface area (Å²) in [6.07, 6.45) is -4.35. The van der Waals surface area contributed by atoms with Gasteiger partial charge < -0.3 is 4.90 Å². The Morgan fingerprint density at radius 1 is 1.04 bits per heavy atom. The van der Waals surface area contributed by atoms with Crippen molar-refractivity contribution in [2.75, 3.05) is 11.9 Å². The van der Waals surface area contributed by atoms with Crippen molar-refractivity contribution in [3.05, 3.63) is 65.2 Å². The third kappa shape index (κ3) is 3.02. The second-order valence-electron chi connectivity index (χ2n) is 5.55. The molecule has 2 aromatic carbocycles. The van der Waals surface area contributed by atoms with Crippen molar-refractivity contribution in [1.82, 2.24) is 4.90 Å². The summed E-state index contributed by atoms with van der Waals surface area (Å²) in [5, 5.41) is 0. The van der Waals surface area contributed by atoms with Crippen LogP contribution in [0.25, 0.3) is 0 Å². The van der Waals surface area contributed by atoms with Gasteiger partial charge in [-0.1, -0.05) is 30.3 Å². The molecule has 3 nitrogen and oxygen atoms in total. The number of halogens is 3. The first-order chi connectivity index (χ1) is 10.9. The summed E-state index contributed by atoms with van der Waals surface area (Å²) >= 11 is 0. The Morgan fingerprint density at radius 3 is 2.35 bits per heavy atom. The lowest BCUT2D eigenvalue weighted by Crippen LogP contribution is -2.44. The number of nitrogens with zero attached hydrogens (tertiary/aromatic N) is 2. The van der Waals surface area contributed by atoms with Crippen LogP contribution in [0.2, 0.25) is 0 Å². The van der Waals surface area contributed by atoms with Gasteiger partial charge in [-0.25, -0.2) is 4.79 Å². The lowest BCUT2D eigenvalue weighted by atomic mass is 10.1. The monoisotopic (exact) mass is 320 g/mol. The molecular weight excluding hydrogens is 305 g/mol. The highest BCUT2D eigenvalue weighted by atomic mass is 19.4. The minimum Gasteiger partial charge on any atom is -0.323 e. The Kier molecular flexibility index (Phi) is 3.75. The van der Waals surface area contributed by atoms with Gasteiger partial charge in [0.05, 0.1) is 17.8 Å². The highest BCUT2D eigenvalue weighted by Gasteiger charge is 2.31. The second kappa shape index (κ2) is 5.61. The zero-order valence-electron chi connectivity index (χ0n) is 12.5. The first kappa shape index (κ1) is 15.4. The van der Waals surface area contributed by atoms with E-state index in [1.807, 2.05) is 24.3 Å². The molecule has 1 aliphatic heterocycles. The first-order valence-electron chi connectivity index (χ1n) is 7.13. The predicted octanol–water partition coefficient (Wildman–Crippen LogP) is 4.28. The van der Waals surface area contributed by atoms with E-state index in [0.717, 1.165) is 23.4 Å². The molecule has 120 valence electrons. The summed E-state index contributed by atoms with van der Waals surface area (Å²) in [6, 6.07) is 12.3. The number of carbonyl (C=O) groups excluding carboxylic acids is 1. The SMILES string of the molecule is CN1Cc2ccccc2N(Cc2ccc(C(F)(F)F)cc2)C1=O. The normalized spacial score (nSPS) is 14.9. The number of hydrogen-bond donors (Lipinski definition) is 0. The molecule has 6 heteroatoms. The summed E-state index contributed by atoms with van der Waals surface area (Å²) in [6.45, 7) is 0.761. The molecule has 0 bridgehead atoms. The Bertz CT molecular complexity index is 725. The minimum absolute atomic E-state index is 0.163. The molecule has 0 aliphatic carbocycles. The van der Waals surface area contributed by atoms with Crippen LogP contribution in [0.4, 0.5) is 23.7 Å². The average Bonchev–Trinajstić information content (AvgIpc) is 2.51. The van der Waals surface area contributed by atoms with E-state index < -0.39 is 11.7 Å². The van der Waals surface area contributed by atoms with Gasteiger partial charge in [0.2, 0.25) is 0 Å². The van der Waals surface area contributed by atoms with Gasteiger partial charge in [-0.2, -0.15) is 13.2 Å². The van der Waals surface area contributed by atoms with E-state index in [4.69, 9.17) is 0 Å². The molecule has 0 radical (unpaired) electrons. The Hall–Kier alpha value is -2.50. The molecule has 2 amide bonds. The van der Waals surface area contributed by atoms with Crippen molar-refractivity contribution in [2.45, 2.75) is 19.3 Å². The van der Waals surface area contributed by atoms with Crippen LogP contribution in [0.1, 0.15) is 16.7 Å². The topological polar surface area (TPSA) is 23.6 Å². The zero-order chi connectivity index (χ0) is 16.6. The summed E-state index contributed by atoms with van der Waals surface area (Å²) < 4.78 is 37.9. The van der Waals surface area contributed by atoms with Gasteiger partial charge in [0.1, 0.15) is 0 Å². The molecule has 0 saturated heterocycles. The van der Waals surface area contributed by atoms with Crippen LogP contribution in [0.3, 0.4) is 0 Å². The molecule has 23 heavy (non-hydrogen) atoms. The van der Waals surface area contributed by atoms with Crippen LogP contribution in [-0.4, -0.2) is 18.0 Å². The zero-order valence-corrected chi connectivity index (χ0v) is 12.5. The van der Waals surface area contributed by atoms with E-state index in [1.165, 1.54) is 12.1 Å².